The van der Waals surface area contributed by atoms with Gasteiger partial charge in [0.1, 0.15) is 0 Å². The van der Waals surface area contributed by atoms with Crippen molar-refractivity contribution in [3.8, 4) is 11.5 Å². The molecule has 2 aromatic rings. The fourth-order valence-corrected chi connectivity index (χ4v) is 2.15. The fraction of sp³-hybridized carbons (Fsp3) is 0.333. The van der Waals surface area contributed by atoms with Crippen molar-refractivity contribution in [2.45, 2.75) is 13.0 Å². The Labute approximate surface area is 135 Å². The standard InChI is InChI=1S/C15H20N4O2S/c1-20-13-4-3-11(9-14(13)21-2)5-7-16-15(22)17-10-12-6-8-18-19-12/h3-4,6,8-9H,5,7,10H2,1-2H3,(H,18,19)(H2,16,17,22). The molecule has 0 fully saturated rings. The van der Waals surface area contributed by atoms with Gasteiger partial charge in [0.05, 0.1) is 26.5 Å². The van der Waals surface area contributed by atoms with Crippen LogP contribution in [0, 0.1) is 0 Å². The minimum Gasteiger partial charge on any atom is -0.493 e. The Hall–Kier alpha value is -2.28. The number of nitrogens with one attached hydrogen (secondary N) is 3. The number of rotatable bonds is 7. The first-order chi connectivity index (χ1) is 10.7. The van der Waals surface area contributed by atoms with Gasteiger partial charge in [-0.15, -0.1) is 0 Å². The van der Waals surface area contributed by atoms with E-state index in [1.807, 2.05) is 24.3 Å². The highest BCUT2D eigenvalue weighted by Crippen LogP contribution is 2.27. The van der Waals surface area contributed by atoms with Crippen LogP contribution in [0.3, 0.4) is 0 Å². The van der Waals surface area contributed by atoms with Crippen molar-refractivity contribution in [2.24, 2.45) is 0 Å². The van der Waals surface area contributed by atoms with E-state index in [1.165, 1.54) is 0 Å². The van der Waals surface area contributed by atoms with Gasteiger partial charge >= 0.3 is 0 Å². The lowest BCUT2D eigenvalue weighted by Gasteiger charge is -2.11. The van der Waals surface area contributed by atoms with Crippen LogP contribution in [0.15, 0.2) is 30.5 Å². The van der Waals surface area contributed by atoms with Gasteiger partial charge in [0.2, 0.25) is 0 Å². The minimum absolute atomic E-state index is 0.620. The van der Waals surface area contributed by atoms with Gasteiger partial charge in [-0.05, 0) is 42.4 Å². The van der Waals surface area contributed by atoms with Gasteiger partial charge in [-0.25, -0.2) is 0 Å². The molecule has 2 rings (SSSR count). The summed E-state index contributed by atoms with van der Waals surface area (Å²) in [6.07, 6.45) is 2.55. The topological polar surface area (TPSA) is 71.2 Å². The average Bonchev–Trinajstić information content (AvgIpc) is 3.06. The van der Waals surface area contributed by atoms with Gasteiger partial charge in [0, 0.05) is 12.7 Å². The molecule has 22 heavy (non-hydrogen) atoms. The summed E-state index contributed by atoms with van der Waals surface area (Å²) < 4.78 is 10.5. The van der Waals surface area contributed by atoms with Crippen LogP contribution < -0.4 is 20.1 Å². The smallest absolute Gasteiger partial charge is 0.166 e. The quantitative estimate of drug-likeness (QED) is 0.674. The maximum absolute atomic E-state index is 5.29. The van der Waals surface area contributed by atoms with Gasteiger partial charge in [0.15, 0.2) is 16.6 Å². The Morgan fingerprint density at radius 2 is 2.00 bits per heavy atom. The highest BCUT2D eigenvalue weighted by atomic mass is 32.1. The van der Waals surface area contributed by atoms with E-state index in [0.717, 1.165) is 35.7 Å². The molecule has 0 bridgehead atoms. The Kier molecular flexibility index (Phi) is 6.02. The van der Waals surface area contributed by atoms with E-state index >= 15 is 0 Å². The second kappa shape index (κ2) is 8.23. The van der Waals surface area contributed by atoms with Crippen LogP contribution in [0.4, 0.5) is 0 Å². The molecule has 0 radical (unpaired) electrons. The highest BCUT2D eigenvalue weighted by Gasteiger charge is 2.04. The minimum atomic E-state index is 0.620. The summed E-state index contributed by atoms with van der Waals surface area (Å²) >= 11 is 5.23. The second-order valence-corrected chi connectivity index (χ2v) is 5.04. The molecule has 0 aliphatic rings. The van der Waals surface area contributed by atoms with Gasteiger partial charge in [-0.2, -0.15) is 5.10 Å². The SMILES string of the molecule is COc1ccc(CCNC(=S)NCc2ccn[nH]2)cc1OC. The van der Waals surface area contributed by atoms with Gasteiger partial charge in [-0.1, -0.05) is 6.07 Å². The number of hydrogen-bond acceptors (Lipinski definition) is 4. The number of thiocarbonyl (C=S) groups is 1. The van der Waals surface area contributed by atoms with Crippen molar-refractivity contribution in [1.82, 2.24) is 20.8 Å². The molecule has 0 saturated carbocycles. The third kappa shape index (κ3) is 4.63. The predicted octanol–water partition coefficient (Wildman–Crippen LogP) is 1.63. The van der Waals surface area contributed by atoms with Crippen molar-refractivity contribution < 1.29 is 9.47 Å². The summed E-state index contributed by atoms with van der Waals surface area (Å²) in [5.41, 5.74) is 2.14. The first-order valence-electron chi connectivity index (χ1n) is 6.93. The van der Waals surface area contributed by atoms with Gasteiger partial charge in [0.25, 0.3) is 0 Å². The molecule has 3 N–H and O–H groups in total. The number of benzene rings is 1. The molecule has 0 unspecified atom stereocenters. The molecule has 1 aromatic heterocycles. The number of nitrogens with zero attached hydrogens (tertiary/aromatic N) is 1. The molecule has 118 valence electrons. The van der Waals surface area contributed by atoms with E-state index in [0.29, 0.717) is 11.7 Å². The number of methoxy groups -OCH3 is 2. The zero-order valence-electron chi connectivity index (χ0n) is 12.7. The first kappa shape index (κ1) is 16.1. The van der Waals surface area contributed by atoms with Crippen LogP contribution in [0.1, 0.15) is 11.3 Å². The summed E-state index contributed by atoms with van der Waals surface area (Å²) in [6, 6.07) is 7.80. The van der Waals surface area contributed by atoms with Crippen molar-refractivity contribution in [3.63, 3.8) is 0 Å². The number of aromatic amines is 1. The first-order valence-corrected chi connectivity index (χ1v) is 7.34. The van der Waals surface area contributed by atoms with Crippen molar-refractivity contribution >= 4 is 17.3 Å². The lowest BCUT2D eigenvalue weighted by atomic mass is 10.1. The molecule has 0 spiro atoms. The highest BCUT2D eigenvalue weighted by molar-refractivity contribution is 7.80. The summed E-state index contributed by atoms with van der Waals surface area (Å²) in [4.78, 5) is 0. The zero-order chi connectivity index (χ0) is 15.8. The number of hydrogen-bond donors (Lipinski definition) is 3. The van der Waals surface area contributed by atoms with Crippen LogP contribution >= 0.6 is 12.2 Å². The molecule has 0 aliphatic heterocycles. The van der Waals surface area contributed by atoms with E-state index in [4.69, 9.17) is 21.7 Å². The number of aromatic nitrogens is 2. The third-order valence-electron chi connectivity index (χ3n) is 3.14. The van der Waals surface area contributed by atoms with E-state index in [2.05, 4.69) is 20.8 Å². The van der Waals surface area contributed by atoms with Crippen molar-refractivity contribution in [3.05, 3.63) is 41.7 Å². The Morgan fingerprint density at radius 1 is 1.18 bits per heavy atom. The van der Waals surface area contributed by atoms with Crippen LogP contribution in [0.5, 0.6) is 11.5 Å². The van der Waals surface area contributed by atoms with Gasteiger partial charge < -0.3 is 20.1 Å². The zero-order valence-corrected chi connectivity index (χ0v) is 13.5. The van der Waals surface area contributed by atoms with E-state index in [1.54, 1.807) is 20.4 Å². The lowest BCUT2D eigenvalue weighted by molar-refractivity contribution is 0.354. The molecule has 0 saturated heterocycles. The summed E-state index contributed by atoms with van der Waals surface area (Å²) in [5.74, 6) is 1.47. The molecule has 7 heteroatoms. The summed E-state index contributed by atoms with van der Waals surface area (Å²) in [7, 11) is 3.26. The van der Waals surface area contributed by atoms with E-state index in [9.17, 15) is 0 Å². The average molecular weight is 320 g/mol. The van der Waals surface area contributed by atoms with Crippen molar-refractivity contribution in [1.29, 1.82) is 0 Å². The lowest BCUT2D eigenvalue weighted by Crippen LogP contribution is -2.36. The monoisotopic (exact) mass is 320 g/mol. The van der Waals surface area contributed by atoms with E-state index < -0.39 is 0 Å². The Balaban J connectivity index is 1.74. The molecular formula is C15H20N4O2S. The Morgan fingerprint density at radius 3 is 2.68 bits per heavy atom. The van der Waals surface area contributed by atoms with Gasteiger partial charge in [-0.3, -0.25) is 5.10 Å². The third-order valence-corrected chi connectivity index (χ3v) is 3.43. The van der Waals surface area contributed by atoms with Crippen molar-refractivity contribution in [2.75, 3.05) is 20.8 Å². The van der Waals surface area contributed by atoms with Crippen LogP contribution in [-0.2, 0) is 13.0 Å². The maximum Gasteiger partial charge on any atom is 0.166 e. The van der Waals surface area contributed by atoms with Crippen LogP contribution in [0.2, 0.25) is 0 Å². The van der Waals surface area contributed by atoms with E-state index in [-0.39, 0.29) is 0 Å². The predicted molar refractivity (Wildman–Crippen MR) is 89.3 cm³/mol. The summed E-state index contributed by atoms with van der Waals surface area (Å²) in [5, 5.41) is 13.7. The number of H-pyrrole nitrogens is 1. The molecular weight excluding hydrogens is 300 g/mol. The molecule has 0 aliphatic carbocycles. The molecule has 6 nitrogen and oxygen atoms in total. The molecule has 0 atom stereocenters. The Bertz CT molecular complexity index is 602. The summed E-state index contributed by atoms with van der Waals surface area (Å²) in [6.45, 7) is 1.37. The molecule has 1 aromatic carbocycles. The molecule has 0 amide bonds. The van der Waals surface area contributed by atoms with Crippen LogP contribution in [0.25, 0.3) is 0 Å². The van der Waals surface area contributed by atoms with Crippen LogP contribution in [-0.4, -0.2) is 36.1 Å². The second-order valence-electron chi connectivity index (χ2n) is 4.63. The number of ether oxygens (including phenoxy) is 2. The molecule has 1 heterocycles. The largest absolute Gasteiger partial charge is 0.493 e. The normalized spacial score (nSPS) is 10.1. The maximum atomic E-state index is 5.29. The fourth-order valence-electron chi connectivity index (χ4n) is 1.98.